The van der Waals surface area contributed by atoms with Crippen molar-refractivity contribution in [3.63, 3.8) is 0 Å². The number of nitrogens with one attached hydrogen (secondary N) is 1. The Kier molecular flexibility index (Phi) is 4.45. The van der Waals surface area contributed by atoms with Gasteiger partial charge in [-0.1, -0.05) is 0 Å². The number of esters is 1. The lowest BCUT2D eigenvalue weighted by molar-refractivity contribution is -0.141. The van der Waals surface area contributed by atoms with Gasteiger partial charge in [-0.05, 0) is 23.6 Å². The van der Waals surface area contributed by atoms with Crippen LogP contribution in [0.5, 0.6) is 0 Å². The summed E-state index contributed by atoms with van der Waals surface area (Å²) in [7, 11) is 1.20. The van der Waals surface area contributed by atoms with E-state index in [0.29, 0.717) is 6.07 Å². The molecule has 2 heterocycles. The van der Waals surface area contributed by atoms with E-state index in [1.54, 1.807) is 5.38 Å². The van der Waals surface area contributed by atoms with Gasteiger partial charge in [0, 0.05) is 6.20 Å². The maximum absolute atomic E-state index is 12.4. The Balaban J connectivity index is 2.16. The van der Waals surface area contributed by atoms with Crippen LogP contribution in [0, 0.1) is 0 Å². The Morgan fingerprint density at radius 1 is 1.27 bits per heavy atom. The van der Waals surface area contributed by atoms with E-state index in [0.717, 1.165) is 23.6 Å². The third-order valence-electron chi connectivity index (χ3n) is 2.61. The molecule has 0 saturated carbocycles. The Hall–Kier alpha value is -2.42. The van der Waals surface area contributed by atoms with E-state index in [-0.39, 0.29) is 16.1 Å². The smallest absolute Gasteiger partial charge is 0.433 e. The molecule has 116 valence electrons. The van der Waals surface area contributed by atoms with Crippen molar-refractivity contribution in [3.8, 4) is 0 Å². The molecule has 2 rings (SSSR count). The summed E-state index contributed by atoms with van der Waals surface area (Å²) in [5.41, 5.74) is -0.978. The molecule has 1 N–H and O–H groups in total. The number of carbonyl (C=O) groups is 2. The van der Waals surface area contributed by atoms with E-state index < -0.39 is 23.7 Å². The third kappa shape index (κ3) is 3.42. The van der Waals surface area contributed by atoms with Gasteiger partial charge < -0.3 is 10.1 Å². The summed E-state index contributed by atoms with van der Waals surface area (Å²) >= 11 is 1.09. The van der Waals surface area contributed by atoms with Crippen LogP contribution in [0.15, 0.2) is 29.8 Å². The molecule has 0 aliphatic carbocycles. The topological polar surface area (TPSA) is 68.3 Å². The zero-order valence-corrected chi connectivity index (χ0v) is 11.9. The second kappa shape index (κ2) is 6.14. The molecule has 0 saturated heterocycles. The summed E-state index contributed by atoms with van der Waals surface area (Å²) in [5, 5.41) is 4.26. The van der Waals surface area contributed by atoms with Gasteiger partial charge in [-0.2, -0.15) is 13.2 Å². The van der Waals surface area contributed by atoms with E-state index in [2.05, 4.69) is 15.0 Å². The quantitative estimate of drug-likeness (QED) is 0.878. The molecule has 5 nitrogen and oxygen atoms in total. The normalized spacial score (nSPS) is 11.1. The van der Waals surface area contributed by atoms with Gasteiger partial charge in [0.25, 0.3) is 5.91 Å². The van der Waals surface area contributed by atoms with Crippen LogP contribution < -0.4 is 5.32 Å². The fourth-order valence-corrected chi connectivity index (χ4v) is 2.32. The summed E-state index contributed by atoms with van der Waals surface area (Å²) in [6.07, 6.45) is -3.75. The highest BCUT2D eigenvalue weighted by Crippen LogP contribution is 2.28. The van der Waals surface area contributed by atoms with Gasteiger partial charge in [-0.3, -0.25) is 9.78 Å². The number of halogens is 3. The fraction of sp³-hybridized carbons (Fsp3) is 0.154. The van der Waals surface area contributed by atoms with E-state index in [4.69, 9.17) is 0 Å². The van der Waals surface area contributed by atoms with Crippen LogP contribution in [0.25, 0.3) is 0 Å². The lowest BCUT2D eigenvalue weighted by atomic mass is 10.2. The summed E-state index contributed by atoms with van der Waals surface area (Å²) in [4.78, 5) is 26.6. The number of nitrogens with zero attached hydrogens (tertiary/aromatic N) is 1. The molecule has 2 aromatic heterocycles. The highest BCUT2D eigenvalue weighted by atomic mass is 32.1. The molecule has 0 fully saturated rings. The minimum atomic E-state index is -4.57. The molecular formula is C13H9F3N2O3S. The fourth-order valence-electron chi connectivity index (χ4n) is 1.55. The van der Waals surface area contributed by atoms with Crippen molar-refractivity contribution >= 4 is 28.2 Å². The molecule has 0 aromatic carbocycles. The number of anilines is 1. The number of methoxy groups -OCH3 is 1. The number of pyridine rings is 1. The predicted octanol–water partition coefficient (Wildman–Crippen LogP) is 3.20. The van der Waals surface area contributed by atoms with Gasteiger partial charge >= 0.3 is 12.1 Å². The minimum absolute atomic E-state index is 0.0581. The first-order valence-corrected chi connectivity index (χ1v) is 6.71. The van der Waals surface area contributed by atoms with Gasteiger partial charge in [0.15, 0.2) is 0 Å². The van der Waals surface area contributed by atoms with Gasteiger partial charge in [0.1, 0.15) is 10.7 Å². The SMILES string of the molecule is COC(=O)c1ccsc1NC(=O)c1ccc(C(F)(F)F)nc1. The van der Waals surface area contributed by atoms with E-state index in [1.165, 1.54) is 13.2 Å². The molecular weight excluding hydrogens is 321 g/mol. The van der Waals surface area contributed by atoms with Crippen LogP contribution in [0.1, 0.15) is 26.4 Å². The first-order valence-electron chi connectivity index (χ1n) is 5.83. The number of thiophene rings is 1. The second-order valence-electron chi connectivity index (χ2n) is 4.04. The zero-order chi connectivity index (χ0) is 16.3. The largest absolute Gasteiger partial charge is 0.465 e. The van der Waals surface area contributed by atoms with E-state index in [1.807, 2.05) is 0 Å². The van der Waals surface area contributed by atoms with E-state index in [9.17, 15) is 22.8 Å². The maximum atomic E-state index is 12.4. The zero-order valence-electron chi connectivity index (χ0n) is 11.1. The maximum Gasteiger partial charge on any atom is 0.433 e. The molecule has 2 aromatic rings. The molecule has 0 atom stereocenters. The lowest BCUT2D eigenvalue weighted by Crippen LogP contribution is -2.15. The summed E-state index contributed by atoms with van der Waals surface area (Å²) in [6, 6.07) is 3.19. The monoisotopic (exact) mass is 330 g/mol. The standard InChI is InChI=1S/C13H9F3N2O3S/c1-21-12(20)8-4-5-22-11(8)18-10(19)7-2-3-9(17-6-7)13(14,15)16/h2-6H,1H3,(H,18,19). The minimum Gasteiger partial charge on any atom is -0.465 e. The number of carbonyl (C=O) groups excluding carboxylic acids is 2. The number of rotatable bonds is 3. The molecule has 0 radical (unpaired) electrons. The average molecular weight is 330 g/mol. The number of hydrogen-bond acceptors (Lipinski definition) is 5. The van der Waals surface area contributed by atoms with Gasteiger partial charge in [-0.15, -0.1) is 11.3 Å². The van der Waals surface area contributed by atoms with Gasteiger partial charge in [-0.25, -0.2) is 4.79 Å². The number of hydrogen-bond donors (Lipinski definition) is 1. The summed E-state index contributed by atoms with van der Waals surface area (Å²) < 4.78 is 41.7. The van der Waals surface area contributed by atoms with Crippen molar-refractivity contribution in [3.05, 3.63) is 46.6 Å². The molecule has 22 heavy (non-hydrogen) atoms. The van der Waals surface area contributed by atoms with Crippen molar-refractivity contribution in [2.45, 2.75) is 6.18 Å². The van der Waals surface area contributed by atoms with Crippen LogP contribution in [0.2, 0.25) is 0 Å². The van der Waals surface area contributed by atoms with Crippen molar-refractivity contribution in [2.75, 3.05) is 12.4 Å². The van der Waals surface area contributed by atoms with Crippen LogP contribution in [0.3, 0.4) is 0 Å². The van der Waals surface area contributed by atoms with Crippen LogP contribution >= 0.6 is 11.3 Å². The van der Waals surface area contributed by atoms with Gasteiger partial charge in [0.05, 0.1) is 18.2 Å². The van der Waals surface area contributed by atoms with E-state index >= 15 is 0 Å². The first kappa shape index (κ1) is 16.0. The van der Waals surface area contributed by atoms with Crippen molar-refractivity contribution in [1.82, 2.24) is 4.98 Å². The Morgan fingerprint density at radius 3 is 2.55 bits per heavy atom. The number of ether oxygens (including phenoxy) is 1. The summed E-state index contributed by atoms with van der Waals surface area (Å²) in [5.74, 6) is -1.30. The first-order chi connectivity index (χ1) is 10.3. The molecule has 9 heteroatoms. The number of aromatic nitrogens is 1. The molecule has 0 aliphatic heterocycles. The molecule has 1 amide bonds. The Bertz CT molecular complexity index is 695. The second-order valence-corrected chi connectivity index (χ2v) is 4.96. The van der Waals surface area contributed by atoms with Crippen LogP contribution in [0.4, 0.5) is 18.2 Å². The number of amides is 1. The molecule has 0 spiro atoms. The number of alkyl halides is 3. The third-order valence-corrected chi connectivity index (χ3v) is 3.44. The molecule has 0 bridgehead atoms. The Morgan fingerprint density at radius 2 is 2.00 bits per heavy atom. The highest BCUT2D eigenvalue weighted by molar-refractivity contribution is 7.14. The van der Waals surface area contributed by atoms with Crippen LogP contribution in [-0.2, 0) is 10.9 Å². The Labute approximate surface area is 126 Å². The molecule has 0 unspecified atom stereocenters. The lowest BCUT2D eigenvalue weighted by Gasteiger charge is -2.07. The van der Waals surface area contributed by atoms with Crippen molar-refractivity contribution in [2.24, 2.45) is 0 Å². The summed E-state index contributed by atoms with van der Waals surface area (Å²) in [6.45, 7) is 0. The van der Waals surface area contributed by atoms with Crippen molar-refractivity contribution < 1.29 is 27.5 Å². The van der Waals surface area contributed by atoms with Crippen LogP contribution in [-0.4, -0.2) is 24.0 Å². The average Bonchev–Trinajstić information content (AvgIpc) is 2.93. The predicted molar refractivity (Wildman–Crippen MR) is 72.9 cm³/mol. The highest BCUT2D eigenvalue weighted by Gasteiger charge is 2.32. The molecule has 0 aliphatic rings. The van der Waals surface area contributed by atoms with Crippen molar-refractivity contribution in [1.29, 1.82) is 0 Å². The van der Waals surface area contributed by atoms with Gasteiger partial charge in [0.2, 0.25) is 0 Å².